The summed E-state index contributed by atoms with van der Waals surface area (Å²) in [5, 5.41) is 4.15. The van der Waals surface area contributed by atoms with E-state index in [1.165, 1.54) is 16.8 Å². The first-order valence-electron chi connectivity index (χ1n) is 5.62. The van der Waals surface area contributed by atoms with Crippen LogP contribution in [0.2, 0.25) is 5.02 Å². The van der Waals surface area contributed by atoms with E-state index in [0.717, 1.165) is 0 Å². The predicted octanol–water partition coefficient (Wildman–Crippen LogP) is 3.27. The van der Waals surface area contributed by atoms with Crippen LogP contribution in [0.5, 0.6) is 0 Å². The monoisotopic (exact) mass is 336 g/mol. The standard InChI is InChI=1S/C12H11Cl2FN2O2S/c1-7-12(20(14,18)19)8(2)17(16-7)6-9-3-4-11(15)10(13)5-9/h3-5H,6H2,1-2H3. The van der Waals surface area contributed by atoms with E-state index in [9.17, 15) is 12.8 Å². The molecule has 0 spiro atoms. The Hall–Kier alpha value is -1.11. The Morgan fingerprint density at radius 3 is 2.50 bits per heavy atom. The molecule has 0 aliphatic rings. The molecule has 0 bridgehead atoms. The Labute approximate surface area is 125 Å². The molecule has 1 aromatic heterocycles. The number of aryl methyl sites for hydroxylation is 1. The van der Waals surface area contributed by atoms with Gasteiger partial charge in [0.25, 0.3) is 9.05 Å². The molecule has 0 saturated heterocycles. The maximum absolute atomic E-state index is 13.1. The van der Waals surface area contributed by atoms with Crippen molar-refractivity contribution in [1.29, 1.82) is 0 Å². The minimum atomic E-state index is -3.85. The third-order valence-electron chi connectivity index (χ3n) is 2.88. The molecule has 0 radical (unpaired) electrons. The highest BCUT2D eigenvalue weighted by atomic mass is 35.7. The third kappa shape index (κ3) is 2.97. The van der Waals surface area contributed by atoms with Crippen molar-refractivity contribution >= 4 is 31.3 Å². The zero-order valence-corrected chi connectivity index (χ0v) is 13.0. The Balaban J connectivity index is 2.43. The van der Waals surface area contributed by atoms with E-state index in [4.69, 9.17) is 22.3 Å². The molecule has 1 aromatic carbocycles. The van der Waals surface area contributed by atoms with Crippen molar-refractivity contribution in [2.45, 2.75) is 25.3 Å². The van der Waals surface area contributed by atoms with E-state index in [1.54, 1.807) is 19.9 Å². The summed E-state index contributed by atoms with van der Waals surface area (Å²) in [5.41, 5.74) is 1.46. The van der Waals surface area contributed by atoms with Gasteiger partial charge in [-0.15, -0.1) is 0 Å². The molecule has 1 heterocycles. The van der Waals surface area contributed by atoms with Crippen LogP contribution in [0, 0.1) is 19.7 Å². The summed E-state index contributed by atoms with van der Waals surface area (Å²) in [6.45, 7) is 3.45. The van der Waals surface area contributed by atoms with Gasteiger partial charge in [-0.3, -0.25) is 4.68 Å². The van der Waals surface area contributed by atoms with E-state index in [0.29, 0.717) is 17.0 Å². The van der Waals surface area contributed by atoms with Crippen LogP contribution in [0.1, 0.15) is 17.0 Å². The second kappa shape index (κ2) is 5.35. The molecular formula is C12H11Cl2FN2O2S. The summed E-state index contributed by atoms with van der Waals surface area (Å²) >= 11 is 5.71. The lowest BCUT2D eigenvalue weighted by atomic mass is 10.2. The fourth-order valence-corrected chi connectivity index (χ4v) is 3.72. The second-order valence-corrected chi connectivity index (χ2v) is 7.25. The normalized spacial score (nSPS) is 11.8. The molecule has 0 atom stereocenters. The largest absolute Gasteiger partial charge is 0.264 e. The van der Waals surface area contributed by atoms with Gasteiger partial charge in [0.15, 0.2) is 0 Å². The van der Waals surface area contributed by atoms with Crippen molar-refractivity contribution in [3.05, 3.63) is 46.0 Å². The highest BCUT2D eigenvalue weighted by Crippen LogP contribution is 2.24. The zero-order chi connectivity index (χ0) is 15.1. The summed E-state index contributed by atoms with van der Waals surface area (Å²) in [5.74, 6) is -0.507. The maximum atomic E-state index is 13.1. The SMILES string of the molecule is Cc1nn(Cc2ccc(F)c(Cl)c2)c(C)c1S(=O)(=O)Cl. The van der Waals surface area contributed by atoms with Crippen LogP contribution in [0.4, 0.5) is 4.39 Å². The predicted molar refractivity (Wildman–Crippen MR) is 75.3 cm³/mol. The summed E-state index contributed by atoms with van der Waals surface area (Å²) in [7, 11) is 1.53. The van der Waals surface area contributed by atoms with E-state index in [-0.39, 0.29) is 16.5 Å². The molecule has 20 heavy (non-hydrogen) atoms. The second-order valence-electron chi connectivity index (χ2n) is 4.34. The van der Waals surface area contributed by atoms with Crippen molar-refractivity contribution in [2.75, 3.05) is 0 Å². The Morgan fingerprint density at radius 1 is 1.35 bits per heavy atom. The Bertz CT molecular complexity index is 772. The fourth-order valence-electron chi connectivity index (χ4n) is 2.00. The first-order valence-corrected chi connectivity index (χ1v) is 8.31. The molecule has 2 rings (SSSR count). The Morgan fingerprint density at radius 2 is 2.00 bits per heavy atom. The number of halogens is 3. The van der Waals surface area contributed by atoms with Crippen molar-refractivity contribution in [3.63, 3.8) is 0 Å². The van der Waals surface area contributed by atoms with Gasteiger partial charge in [0.2, 0.25) is 0 Å². The van der Waals surface area contributed by atoms with Crippen LogP contribution in [0.25, 0.3) is 0 Å². The molecular weight excluding hydrogens is 326 g/mol. The quantitative estimate of drug-likeness (QED) is 0.808. The number of rotatable bonds is 3. The first-order chi connectivity index (χ1) is 9.20. The minimum absolute atomic E-state index is 0.00683. The molecule has 2 aromatic rings. The molecule has 108 valence electrons. The van der Waals surface area contributed by atoms with Gasteiger partial charge in [0.05, 0.1) is 23.0 Å². The maximum Gasteiger partial charge on any atom is 0.264 e. The third-order valence-corrected chi connectivity index (χ3v) is 4.71. The molecule has 0 amide bonds. The number of hydrogen-bond acceptors (Lipinski definition) is 3. The Kier molecular flexibility index (Phi) is 4.09. The van der Waals surface area contributed by atoms with Crippen LogP contribution in [0.15, 0.2) is 23.1 Å². The van der Waals surface area contributed by atoms with Gasteiger partial charge in [-0.05, 0) is 31.5 Å². The summed E-state index contributed by atoms with van der Waals surface area (Å²) in [4.78, 5) is 0.00683. The fraction of sp³-hybridized carbons (Fsp3) is 0.250. The van der Waals surface area contributed by atoms with E-state index >= 15 is 0 Å². The highest BCUT2D eigenvalue weighted by Gasteiger charge is 2.22. The van der Waals surface area contributed by atoms with Gasteiger partial charge in [0.1, 0.15) is 10.7 Å². The number of aromatic nitrogens is 2. The van der Waals surface area contributed by atoms with Gasteiger partial charge in [0, 0.05) is 10.7 Å². The van der Waals surface area contributed by atoms with Gasteiger partial charge in [-0.25, -0.2) is 12.8 Å². The van der Waals surface area contributed by atoms with Crippen molar-refractivity contribution < 1.29 is 12.8 Å². The molecule has 8 heteroatoms. The minimum Gasteiger partial charge on any atom is -0.264 e. The first kappa shape index (κ1) is 15.3. The van der Waals surface area contributed by atoms with Crippen LogP contribution < -0.4 is 0 Å². The molecule has 0 unspecified atom stereocenters. The molecule has 0 fully saturated rings. The number of hydrogen-bond donors (Lipinski definition) is 0. The summed E-state index contributed by atoms with van der Waals surface area (Å²) < 4.78 is 37.5. The van der Waals surface area contributed by atoms with Gasteiger partial charge in [-0.2, -0.15) is 5.10 Å². The molecule has 0 N–H and O–H groups in total. The van der Waals surface area contributed by atoms with Gasteiger partial charge in [-0.1, -0.05) is 17.7 Å². The lowest BCUT2D eigenvalue weighted by molar-refractivity contribution is 0.607. The number of benzene rings is 1. The topological polar surface area (TPSA) is 52.0 Å². The summed E-state index contributed by atoms with van der Waals surface area (Å²) in [6, 6.07) is 4.29. The van der Waals surface area contributed by atoms with E-state index in [2.05, 4.69) is 5.10 Å². The van der Waals surface area contributed by atoms with Crippen LogP contribution in [-0.4, -0.2) is 18.2 Å². The van der Waals surface area contributed by atoms with Crippen molar-refractivity contribution in [1.82, 2.24) is 9.78 Å². The summed E-state index contributed by atoms with van der Waals surface area (Å²) in [6.07, 6.45) is 0. The van der Waals surface area contributed by atoms with Crippen LogP contribution in [-0.2, 0) is 15.6 Å². The van der Waals surface area contributed by atoms with Crippen LogP contribution in [0.3, 0.4) is 0 Å². The van der Waals surface area contributed by atoms with Gasteiger partial charge < -0.3 is 0 Å². The lowest BCUT2D eigenvalue weighted by Crippen LogP contribution is -2.05. The highest BCUT2D eigenvalue weighted by molar-refractivity contribution is 8.13. The average molecular weight is 337 g/mol. The number of nitrogens with zero attached hydrogens (tertiary/aromatic N) is 2. The van der Waals surface area contributed by atoms with Crippen LogP contribution >= 0.6 is 22.3 Å². The molecule has 0 saturated carbocycles. The molecule has 4 nitrogen and oxygen atoms in total. The smallest absolute Gasteiger partial charge is 0.264 e. The van der Waals surface area contributed by atoms with E-state index in [1.807, 2.05) is 0 Å². The average Bonchev–Trinajstić information content (AvgIpc) is 2.58. The lowest BCUT2D eigenvalue weighted by Gasteiger charge is -2.06. The van der Waals surface area contributed by atoms with E-state index < -0.39 is 14.9 Å². The van der Waals surface area contributed by atoms with Crippen molar-refractivity contribution in [3.8, 4) is 0 Å². The molecule has 0 aliphatic heterocycles. The molecule has 0 aliphatic carbocycles. The van der Waals surface area contributed by atoms with Gasteiger partial charge >= 0.3 is 0 Å². The van der Waals surface area contributed by atoms with Crippen molar-refractivity contribution in [2.24, 2.45) is 0 Å². The zero-order valence-electron chi connectivity index (χ0n) is 10.7.